The Bertz CT molecular complexity index is 492. The summed E-state index contributed by atoms with van der Waals surface area (Å²) in [5.74, 6) is 1.37. The van der Waals surface area contributed by atoms with Crippen LogP contribution in [-0.2, 0) is 6.54 Å². The molecule has 4 nitrogen and oxygen atoms in total. The molecule has 0 atom stereocenters. The van der Waals surface area contributed by atoms with Gasteiger partial charge in [0.25, 0.3) is 0 Å². The van der Waals surface area contributed by atoms with E-state index >= 15 is 0 Å². The van der Waals surface area contributed by atoms with Crippen molar-refractivity contribution >= 4 is 0 Å². The van der Waals surface area contributed by atoms with Gasteiger partial charge in [0.1, 0.15) is 6.26 Å². The topological polar surface area (TPSA) is 51.0 Å². The molecule has 0 fully saturated rings. The molecule has 0 aliphatic carbocycles. The van der Waals surface area contributed by atoms with Crippen LogP contribution in [0.4, 0.5) is 0 Å². The molecule has 1 N–H and O–H groups in total. The molecular formula is C14H19N3O. The van der Waals surface area contributed by atoms with Gasteiger partial charge < -0.3 is 9.73 Å². The number of aryl methyl sites for hydroxylation is 1. The Morgan fingerprint density at radius 2 is 2.17 bits per heavy atom. The van der Waals surface area contributed by atoms with Gasteiger partial charge in [-0.3, -0.25) is 0 Å². The predicted molar refractivity (Wildman–Crippen MR) is 71.0 cm³/mol. The van der Waals surface area contributed by atoms with Crippen LogP contribution in [0.5, 0.6) is 0 Å². The van der Waals surface area contributed by atoms with E-state index in [1.165, 1.54) is 0 Å². The summed E-state index contributed by atoms with van der Waals surface area (Å²) in [6.07, 6.45) is 3.30. The zero-order valence-corrected chi connectivity index (χ0v) is 11.1. The highest BCUT2D eigenvalue weighted by molar-refractivity contribution is 5.52. The molecule has 0 aromatic carbocycles. The van der Waals surface area contributed by atoms with Gasteiger partial charge in [-0.15, -0.1) is 0 Å². The summed E-state index contributed by atoms with van der Waals surface area (Å²) in [5, 5.41) is 3.39. The summed E-state index contributed by atoms with van der Waals surface area (Å²) in [6, 6.07) is 3.89. The predicted octanol–water partition coefficient (Wildman–Crippen LogP) is 2.79. The standard InChI is InChI=1S/C14H19N3O/c1-10(2)7-15-8-13-6-11(3)16-14(17-13)12-4-5-18-9-12/h4-6,9-10,15H,7-8H2,1-3H3. The summed E-state index contributed by atoms with van der Waals surface area (Å²) in [6.45, 7) is 8.12. The average molecular weight is 245 g/mol. The number of nitrogens with zero attached hydrogens (tertiary/aromatic N) is 2. The van der Waals surface area contributed by atoms with Gasteiger partial charge in [0.15, 0.2) is 5.82 Å². The van der Waals surface area contributed by atoms with Gasteiger partial charge >= 0.3 is 0 Å². The number of hydrogen-bond donors (Lipinski definition) is 1. The third-order valence-electron chi connectivity index (χ3n) is 2.55. The summed E-state index contributed by atoms with van der Waals surface area (Å²) >= 11 is 0. The van der Waals surface area contributed by atoms with E-state index in [-0.39, 0.29) is 0 Å². The van der Waals surface area contributed by atoms with E-state index in [1.54, 1.807) is 12.5 Å². The van der Waals surface area contributed by atoms with Gasteiger partial charge in [0.2, 0.25) is 0 Å². The second kappa shape index (κ2) is 5.78. The maximum atomic E-state index is 5.07. The van der Waals surface area contributed by atoms with Gasteiger partial charge in [-0.25, -0.2) is 9.97 Å². The van der Waals surface area contributed by atoms with E-state index in [4.69, 9.17) is 4.42 Å². The van der Waals surface area contributed by atoms with Crippen LogP contribution in [0.25, 0.3) is 11.4 Å². The van der Waals surface area contributed by atoms with E-state index in [9.17, 15) is 0 Å². The Morgan fingerprint density at radius 1 is 1.33 bits per heavy atom. The third kappa shape index (κ3) is 3.40. The first kappa shape index (κ1) is 12.8. The first-order valence-electron chi connectivity index (χ1n) is 6.23. The van der Waals surface area contributed by atoms with E-state index in [0.29, 0.717) is 5.92 Å². The van der Waals surface area contributed by atoms with Crippen LogP contribution < -0.4 is 5.32 Å². The van der Waals surface area contributed by atoms with Crippen molar-refractivity contribution in [3.63, 3.8) is 0 Å². The van der Waals surface area contributed by atoms with Gasteiger partial charge in [-0.2, -0.15) is 0 Å². The van der Waals surface area contributed by atoms with Crippen LogP contribution in [0.3, 0.4) is 0 Å². The van der Waals surface area contributed by atoms with Crippen molar-refractivity contribution in [3.05, 3.63) is 36.0 Å². The number of rotatable bonds is 5. The van der Waals surface area contributed by atoms with Crippen molar-refractivity contribution in [2.75, 3.05) is 6.54 Å². The lowest BCUT2D eigenvalue weighted by molar-refractivity contribution is 0.548. The van der Waals surface area contributed by atoms with Crippen molar-refractivity contribution in [1.29, 1.82) is 0 Å². The summed E-state index contributed by atoms with van der Waals surface area (Å²) in [7, 11) is 0. The Labute approximate surface area is 107 Å². The lowest BCUT2D eigenvalue weighted by atomic mass is 10.2. The maximum Gasteiger partial charge on any atom is 0.162 e. The largest absolute Gasteiger partial charge is 0.472 e. The summed E-state index contributed by atoms with van der Waals surface area (Å²) < 4.78 is 5.07. The molecule has 0 aliphatic heterocycles. The molecule has 0 amide bonds. The minimum absolute atomic E-state index is 0.640. The van der Waals surface area contributed by atoms with Gasteiger partial charge in [0.05, 0.1) is 17.5 Å². The maximum absolute atomic E-state index is 5.07. The molecule has 0 saturated carbocycles. The second-order valence-corrected chi connectivity index (χ2v) is 4.86. The Morgan fingerprint density at radius 3 is 2.83 bits per heavy atom. The molecule has 2 aromatic rings. The number of aromatic nitrogens is 2. The molecule has 0 spiro atoms. The first-order valence-corrected chi connectivity index (χ1v) is 6.23. The number of nitrogens with one attached hydrogen (secondary N) is 1. The Kier molecular flexibility index (Phi) is 4.10. The fraction of sp³-hybridized carbons (Fsp3) is 0.429. The van der Waals surface area contributed by atoms with Crippen LogP contribution >= 0.6 is 0 Å². The minimum atomic E-state index is 0.640. The monoisotopic (exact) mass is 245 g/mol. The van der Waals surface area contributed by atoms with Gasteiger partial charge in [-0.05, 0) is 31.5 Å². The van der Waals surface area contributed by atoms with E-state index < -0.39 is 0 Å². The molecule has 0 unspecified atom stereocenters. The smallest absolute Gasteiger partial charge is 0.162 e. The Hall–Kier alpha value is -1.68. The molecule has 0 aliphatic rings. The zero-order chi connectivity index (χ0) is 13.0. The molecule has 0 bridgehead atoms. The zero-order valence-electron chi connectivity index (χ0n) is 11.1. The molecule has 4 heteroatoms. The van der Waals surface area contributed by atoms with Gasteiger partial charge in [0, 0.05) is 12.2 Å². The van der Waals surface area contributed by atoms with Gasteiger partial charge in [-0.1, -0.05) is 13.8 Å². The quantitative estimate of drug-likeness (QED) is 0.880. The number of hydrogen-bond acceptors (Lipinski definition) is 4. The molecular weight excluding hydrogens is 226 g/mol. The fourth-order valence-electron chi connectivity index (χ4n) is 1.73. The van der Waals surface area contributed by atoms with E-state index in [0.717, 1.165) is 35.9 Å². The lowest BCUT2D eigenvalue weighted by Gasteiger charge is -2.08. The van der Waals surface area contributed by atoms with Crippen molar-refractivity contribution in [3.8, 4) is 11.4 Å². The fourth-order valence-corrected chi connectivity index (χ4v) is 1.73. The summed E-state index contributed by atoms with van der Waals surface area (Å²) in [5.41, 5.74) is 2.91. The Balaban J connectivity index is 2.12. The van der Waals surface area contributed by atoms with Crippen molar-refractivity contribution in [2.24, 2.45) is 5.92 Å². The van der Waals surface area contributed by atoms with Crippen LogP contribution in [0.15, 0.2) is 29.1 Å². The second-order valence-electron chi connectivity index (χ2n) is 4.86. The molecule has 2 heterocycles. The van der Waals surface area contributed by atoms with Crippen LogP contribution in [0, 0.1) is 12.8 Å². The SMILES string of the molecule is Cc1cc(CNCC(C)C)nc(-c2ccoc2)n1. The molecule has 2 rings (SSSR count). The van der Waals surface area contributed by atoms with Crippen LogP contribution in [-0.4, -0.2) is 16.5 Å². The third-order valence-corrected chi connectivity index (χ3v) is 2.55. The van der Waals surface area contributed by atoms with E-state index in [2.05, 4.69) is 29.1 Å². The highest BCUT2D eigenvalue weighted by Gasteiger charge is 2.06. The molecule has 0 saturated heterocycles. The van der Waals surface area contributed by atoms with Crippen LogP contribution in [0.1, 0.15) is 25.2 Å². The van der Waals surface area contributed by atoms with Crippen molar-refractivity contribution in [1.82, 2.24) is 15.3 Å². The lowest BCUT2D eigenvalue weighted by Crippen LogP contribution is -2.20. The normalized spacial score (nSPS) is 11.1. The minimum Gasteiger partial charge on any atom is -0.472 e. The van der Waals surface area contributed by atoms with Crippen LogP contribution in [0.2, 0.25) is 0 Å². The van der Waals surface area contributed by atoms with Crippen molar-refractivity contribution < 1.29 is 4.42 Å². The molecule has 18 heavy (non-hydrogen) atoms. The molecule has 96 valence electrons. The number of furan rings is 1. The molecule has 2 aromatic heterocycles. The molecule has 0 radical (unpaired) electrons. The average Bonchev–Trinajstić information content (AvgIpc) is 2.81. The first-order chi connectivity index (χ1) is 8.65. The highest BCUT2D eigenvalue weighted by Crippen LogP contribution is 2.16. The highest BCUT2D eigenvalue weighted by atomic mass is 16.3. The van der Waals surface area contributed by atoms with Crippen molar-refractivity contribution in [2.45, 2.75) is 27.3 Å². The van der Waals surface area contributed by atoms with E-state index in [1.807, 2.05) is 19.1 Å². The summed E-state index contributed by atoms with van der Waals surface area (Å²) in [4.78, 5) is 8.96.